The third kappa shape index (κ3) is 4.58. The van der Waals surface area contributed by atoms with Gasteiger partial charge in [-0.1, -0.05) is 36.4 Å². The Morgan fingerprint density at radius 3 is 2.76 bits per heavy atom. The quantitative estimate of drug-likeness (QED) is 0.424. The van der Waals surface area contributed by atoms with Gasteiger partial charge in [-0.05, 0) is 44.0 Å². The Hall–Kier alpha value is -3.53. The summed E-state index contributed by atoms with van der Waals surface area (Å²) in [7, 11) is 0. The van der Waals surface area contributed by atoms with Gasteiger partial charge in [-0.2, -0.15) is 0 Å². The maximum Gasteiger partial charge on any atom is 0.258 e. The highest BCUT2D eigenvalue weighted by atomic mass is 32.2. The van der Waals surface area contributed by atoms with Crippen LogP contribution in [0.1, 0.15) is 49.5 Å². The van der Waals surface area contributed by atoms with Crippen molar-refractivity contribution in [3.63, 3.8) is 0 Å². The molecule has 0 radical (unpaired) electrons. The van der Waals surface area contributed by atoms with Crippen LogP contribution < -0.4 is 5.56 Å². The number of hydrogen-bond donors (Lipinski definition) is 1. The highest BCUT2D eigenvalue weighted by molar-refractivity contribution is 7.99. The zero-order chi connectivity index (χ0) is 23.5. The van der Waals surface area contributed by atoms with E-state index >= 15 is 0 Å². The van der Waals surface area contributed by atoms with Gasteiger partial charge in [0.15, 0.2) is 11.0 Å². The first-order chi connectivity index (χ1) is 16.6. The zero-order valence-corrected chi connectivity index (χ0v) is 19.7. The van der Waals surface area contributed by atoms with E-state index in [2.05, 4.69) is 25.1 Å². The summed E-state index contributed by atoms with van der Waals surface area (Å²) in [6.45, 7) is 3.06. The molecule has 1 aliphatic rings. The second-order valence-electron chi connectivity index (χ2n) is 8.28. The molecule has 4 aromatic rings. The van der Waals surface area contributed by atoms with Gasteiger partial charge in [-0.15, -0.1) is 10.2 Å². The lowest BCUT2D eigenvalue weighted by atomic mass is 10.2. The van der Waals surface area contributed by atoms with E-state index in [-0.39, 0.29) is 16.7 Å². The molecule has 9 nitrogen and oxygen atoms in total. The number of carbonyl (C=O) groups excluding carboxylic acids is 1. The van der Waals surface area contributed by atoms with Crippen molar-refractivity contribution in [2.24, 2.45) is 0 Å². The minimum Gasteiger partial charge on any atom is -0.335 e. The fraction of sp³-hybridized carbons (Fsp3) is 0.333. The molecule has 3 aromatic heterocycles. The average Bonchev–Trinajstić information content (AvgIpc) is 3.13. The predicted molar refractivity (Wildman–Crippen MR) is 130 cm³/mol. The van der Waals surface area contributed by atoms with Crippen molar-refractivity contribution in [2.75, 3.05) is 6.54 Å². The summed E-state index contributed by atoms with van der Waals surface area (Å²) >= 11 is 1.44. The highest BCUT2D eigenvalue weighted by Crippen LogP contribution is 2.33. The number of amides is 1. The second-order valence-corrected chi connectivity index (χ2v) is 9.58. The number of nitrogens with one attached hydrogen (secondary N) is 1. The number of nitrogens with zero attached hydrogens (tertiary/aromatic N) is 6. The second kappa shape index (κ2) is 9.76. The summed E-state index contributed by atoms with van der Waals surface area (Å²) in [5, 5.41) is 9.85. The summed E-state index contributed by atoms with van der Waals surface area (Å²) in [6.07, 6.45) is 5.26. The van der Waals surface area contributed by atoms with Gasteiger partial charge in [0.2, 0.25) is 5.91 Å². The van der Waals surface area contributed by atoms with Gasteiger partial charge in [0.1, 0.15) is 11.6 Å². The molecule has 1 atom stereocenters. The largest absolute Gasteiger partial charge is 0.335 e. The lowest BCUT2D eigenvalue weighted by molar-refractivity contribution is -0.131. The number of carbonyl (C=O) groups is 1. The summed E-state index contributed by atoms with van der Waals surface area (Å²) in [4.78, 5) is 39.0. The molecule has 1 N–H and O–H groups in total. The van der Waals surface area contributed by atoms with Crippen LogP contribution >= 0.6 is 11.8 Å². The molecule has 0 unspecified atom stereocenters. The summed E-state index contributed by atoms with van der Waals surface area (Å²) in [5.74, 6) is 2.05. The number of pyridine rings is 1. The van der Waals surface area contributed by atoms with Gasteiger partial charge in [0.05, 0.1) is 22.7 Å². The molecule has 5 rings (SSSR count). The zero-order valence-electron chi connectivity index (χ0n) is 18.8. The van der Waals surface area contributed by atoms with Gasteiger partial charge >= 0.3 is 0 Å². The molecule has 10 heteroatoms. The van der Waals surface area contributed by atoms with Gasteiger partial charge in [-0.25, -0.2) is 9.97 Å². The number of hydrogen-bond acceptors (Lipinski definition) is 7. The van der Waals surface area contributed by atoms with E-state index in [0.29, 0.717) is 46.5 Å². The number of aromatic nitrogens is 6. The first-order valence-corrected chi connectivity index (χ1v) is 12.3. The van der Waals surface area contributed by atoms with Crippen molar-refractivity contribution in [1.82, 2.24) is 34.6 Å². The smallest absolute Gasteiger partial charge is 0.258 e. The molecule has 0 aliphatic carbocycles. The van der Waals surface area contributed by atoms with E-state index in [1.165, 1.54) is 11.8 Å². The normalized spacial score (nSPS) is 15.4. The summed E-state index contributed by atoms with van der Waals surface area (Å²) in [6, 6.07) is 12.9. The molecular formula is C24H25N7O2S. The van der Waals surface area contributed by atoms with Crippen molar-refractivity contribution in [2.45, 2.75) is 49.6 Å². The molecule has 34 heavy (non-hydrogen) atoms. The van der Waals surface area contributed by atoms with Crippen LogP contribution in [0.2, 0.25) is 0 Å². The van der Waals surface area contributed by atoms with E-state index in [1.807, 2.05) is 52.8 Å². The highest BCUT2D eigenvalue weighted by Gasteiger charge is 2.24. The number of likely N-dealkylation sites (tertiary alicyclic amines) is 1. The number of benzene rings is 1. The van der Waals surface area contributed by atoms with E-state index in [9.17, 15) is 9.59 Å². The third-order valence-corrected chi connectivity index (χ3v) is 6.93. The van der Waals surface area contributed by atoms with Crippen molar-refractivity contribution < 1.29 is 4.79 Å². The van der Waals surface area contributed by atoms with E-state index < -0.39 is 0 Å². The van der Waals surface area contributed by atoms with E-state index in [1.54, 1.807) is 12.3 Å². The van der Waals surface area contributed by atoms with Crippen molar-refractivity contribution in [3.8, 4) is 5.82 Å². The minimum absolute atomic E-state index is 0.147. The summed E-state index contributed by atoms with van der Waals surface area (Å²) in [5.41, 5.74) is 0.486. The monoisotopic (exact) mass is 475 g/mol. The lowest BCUT2D eigenvalue weighted by Gasteiger charge is -2.20. The van der Waals surface area contributed by atoms with E-state index in [4.69, 9.17) is 0 Å². The fourth-order valence-corrected chi connectivity index (χ4v) is 5.01. The van der Waals surface area contributed by atoms with Crippen LogP contribution in [0, 0.1) is 0 Å². The predicted octanol–water partition coefficient (Wildman–Crippen LogP) is 3.65. The average molecular weight is 476 g/mol. The molecule has 4 heterocycles. The van der Waals surface area contributed by atoms with Gasteiger partial charge in [-0.3, -0.25) is 14.2 Å². The van der Waals surface area contributed by atoms with Crippen molar-refractivity contribution >= 4 is 28.6 Å². The molecule has 0 bridgehead atoms. The standard InChI is InChI=1S/C24H25N7O2S/c1-16(22-26-18-10-5-4-9-17(18)23(33)27-22)34-24-29-28-20(31(24)19-11-6-7-13-25-19)15-30-14-8-2-3-12-21(30)32/h4-7,9-11,13,16H,2-3,8,12,14-15H2,1H3,(H,26,27,33)/t16-/m1/s1. The SMILES string of the molecule is C[C@@H](Sc1nnc(CN2CCCCCC2=O)n1-c1ccccn1)c1nc2ccccc2c(=O)[nH]1. The maximum atomic E-state index is 12.6. The molecule has 0 saturated carbocycles. The Morgan fingerprint density at radius 2 is 1.91 bits per heavy atom. The van der Waals surface area contributed by atoms with Crippen LogP contribution in [0.3, 0.4) is 0 Å². The number of thioether (sulfide) groups is 1. The maximum absolute atomic E-state index is 12.6. The number of para-hydroxylation sites is 1. The first kappa shape index (κ1) is 22.3. The molecular weight excluding hydrogens is 450 g/mol. The molecule has 174 valence electrons. The third-order valence-electron chi connectivity index (χ3n) is 5.88. The fourth-order valence-electron chi connectivity index (χ4n) is 4.08. The Morgan fingerprint density at radius 1 is 1.06 bits per heavy atom. The van der Waals surface area contributed by atoms with Crippen molar-refractivity contribution in [3.05, 3.63) is 70.7 Å². The number of fused-ring (bicyclic) bond motifs is 1. The Balaban J connectivity index is 1.48. The van der Waals surface area contributed by atoms with Gasteiger partial charge < -0.3 is 9.88 Å². The number of aromatic amines is 1. The summed E-state index contributed by atoms with van der Waals surface area (Å²) < 4.78 is 1.89. The van der Waals surface area contributed by atoms with E-state index in [0.717, 1.165) is 25.8 Å². The Labute approximate surface area is 200 Å². The van der Waals surface area contributed by atoms with Crippen molar-refractivity contribution in [1.29, 1.82) is 0 Å². The van der Waals surface area contributed by atoms with Crippen LogP contribution in [0.4, 0.5) is 0 Å². The number of rotatable bonds is 6. The molecule has 0 spiro atoms. The molecule has 1 fully saturated rings. The Bertz CT molecular complexity index is 1370. The van der Waals surface area contributed by atoms with Crippen LogP contribution in [-0.2, 0) is 11.3 Å². The molecule has 1 aromatic carbocycles. The first-order valence-electron chi connectivity index (χ1n) is 11.4. The Kier molecular flexibility index (Phi) is 6.39. The van der Waals surface area contributed by atoms with Gasteiger partial charge in [0, 0.05) is 19.2 Å². The molecule has 1 amide bonds. The number of H-pyrrole nitrogens is 1. The van der Waals surface area contributed by atoms with Crippen LogP contribution in [0.25, 0.3) is 16.7 Å². The topological polar surface area (TPSA) is 110 Å². The lowest BCUT2D eigenvalue weighted by Crippen LogP contribution is -2.31. The van der Waals surface area contributed by atoms with Gasteiger partial charge in [0.25, 0.3) is 5.56 Å². The minimum atomic E-state index is -0.198. The van der Waals surface area contributed by atoms with Crippen LogP contribution in [0.15, 0.2) is 58.6 Å². The molecule has 1 aliphatic heterocycles. The molecule has 1 saturated heterocycles. The van der Waals surface area contributed by atoms with Crippen LogP contribution in [-0.4, -0.2) is 47.1 Å². The van der Waals surface area contributed by atoms with Crippen LogP contribution in [0.5, 0.6) is 0 Å².